The molecule has 1 aliphatic carbocycles. The van der Waals surface area contributed by atoms with E-state index in [1.807, 2.05) is 6.07 Å². The van der Waals surface area contributed by atoms with E-state index >= 15 is 0 Å². The highest BCUT2D eigenvalue weighted by Crippen LogP contribution is 2.37. The van der Waals surface area contributed by atoms with Gasteiger partial charge in [0.25, 0.3) is 0 Å². The van der Waals surface area contributed by atoms with E-state index in [1.165, 1.54) is 12.8 Å². The number of aliphatic hydroxyl groups is 1. The zero-order valence-electron chi connectivity index (χ0n) is 9.64. The third kappa shape index (κ3) is 2.64. The van der Waals surface area contributed by atoms with Gasteiger partial charge in [0.15, 0.2) is 0 Å². The van der Waals surface area contributed by atoms with E-state index in [-0.39, 0.29) is 11.7 Å². The van der Waals surface area contributed by atoms with Crippen LogP contribution in [-0.4, -0.2) is 16.3 Å². The molecule has 1 aromatic rings. The van der Waals surface area contributed by atoms with E-state index in [2.05, 4.69) is 15.9 Å². The lowest BCUT2D eigenvalue weighted by molar-refractivity contribution is 0.0836. The van der Waals surface area contributed by atoms with Crippen molar-refractivity contribution in [3.8, 4) is 5.75 Å². The number of aliphatic hydroxyl groups excluding tert-OH is 1. The summed E-state index contributed by atoms with van der Waals surface area (Å²) < 4.78 is 0.615. The van der Waals surface area contributed by atoms with Crippen LogP contribution in [0.5, 0.6) is 5.75 Å². The van der Waals surface area contributed by atoms with Gasteiger partial charge >= 0.3 is 0 Å². The van der Waals surface area contributed by atoms with E-state index in [0.717, 1.165) is 12.8 Å². The Balaban J connectivity index is 2.18. The van der Waals surface area contributed by atoms with Crippen LogP contribution in [0.25, 0.3) is 0 Å². The molecule has 3 nitrogen and oxygen atoms in total. The predicted octanol–water partition coefficient (Wildman–Crippen LogP) is 2.71. The Morgan fingerprint density at radius 3 is 2.59 bits per heavy atom. The van der Waals surface area contributed by atoms with Crippen LogP contribution in [0.4, 0.5) is 0 Å². The molecule has 0 heterocycles. The molecule has 0 spiro atoms. The summed E-state index contributed by atoms with van der Waals surface area (Å²) in [6.07, 6.45) is 3.82. The molecule has 0 aliphatic heterocycles. The van der Waals surface area contributed by atoms with Crippen LogP contribution in [0, 0.1) is 5.92 Å². The van der Waals surface area contributed by atoms with Gasteiger partial charge in [0.2, 0.25) is 0 Å². The molecular weight excluding hydrogens is 282 g/mol. The number of para-hydroxylation sites is 1. The normalized spacial score (nSPS) is 20.4. The molecule has 1 aliphatic rings. The average molecular weight is 300 g/mol. The summed E-state index contributed by atoms with van der Waals surface area (Å²) in [5.74, 6) is 0.403. The number of rotatable bonds is 3. The Morgan fingerprint density at radius 2 is 1.94 bits per heavy atom. The van der Waals surface area contributed by atoms with Crippen molar-refractivity contribution in [2.45, 2.75) is 37.8 Å². The minimum absolute atomic E-state index is 0.136. The van der Waals surface area contributed by atoms with Crippen molar-refractivity contribution in [1.29, 1.82) is 0 Å². The molecule has 0 unspecified atom stereocenters. The van der Waals surface area contributed by atoms with Crippen molar-refractivity contribution >= 4 is 15.9 Å². The van der Waals surface area contributed by atoms with Gasteiger partial charge in [-0.1, -0.05) is 25.0 Å². The first kappa shape index (κ1) is 12.9. The molecule has 4 heteroatoms. The van der Waals surface area contributed by atoms with Gasteiger partial charge in [-0.05, 0) is 40.8 Å². The molecule has 1 fully saturated rings. The van der Waals surface area contributed by atoms with Gasteiger partial charge in [-0.25, -0.2) is 0 Å². The molecule has 0 radical (unpaired) electrons. The molecule has 0 bridgehead atoms. The van der Waals surface area contributed by atoms with Crippen molar-refractivity contribution in [3.63, 3.8) is 0 Å². The Bertz CT molecular complexity index is 391. The Labute approximate surface area is 110 Å². The van der Waals surface area contributed by atoms with E-state index in [4.69, 9.17) is 5.73 Å². The molecule has 1 aromatic carbocycles. The first-order chi connectivity index (χ1) is 8.11. The van der Waals surface area contributed by atoms with Crippen LogP contribution in [-0.2, 0) is 0 Å². The van der Waals surface area contributed by atoms with Gasteiger partial charge < -0.3 is 15.9 Å². The van der Waals surface area contributed by atoms with Crippen molar-refractivity contribution in [1.82, 2.24) is 0 Å². The molecule has 17 heavy (non-hydrogen) atoms. The Hall–Kier alpha value is -0.580. The lowest BCUT2D eigenvalue weighted by Gasteiger charge is -2.25. The second-order valence-electron chi connectivity index (χ2n) is 4.74. The van der Waals surface area contributed by atoms with Gasteiger partial charge in [0.05, 0.1) is 16.6 Å². The summed E-state index contributed by atoms with van der Waals surface area (Å²) in [5, 5.41) is 20.2. The van der Waals surface area contributed by atoms with Crippen LogP contribution in [0.15, 0.2) is 22.7 Å². The standard InChI is InChI=1S/C13H18BrNO2/c14-10-7-3-6-9(13(10)17)11(15)12(16)8-4-1-2-5-8/h3,6-8,11-12,16-17H,1-2,4-5,15H2/t11-,12+/m1/s1. The first-order valence-electron chi connectivity index (χ1n) is 6.02. The molecule has 0 saturated heterocycles. The molecule has 1 saturated carbocycles. The molecule has 2 rings (SSSR count). The zero-order valence-corrected chi connectivity index (χ0v) is 11.2. The summed E-state index contributed by atoms with van der Waals surface area (Å²) in [5.41, 5.74) is 6.67. The van der Waals surface area contributed by atoms with Gasteiger partial charge in [-0.3, -0.25) is 0 Å². The quantitative estimate of drug-likeness (QED) is 0.804. The predicted molar refractivity (Wildman–Crippen MR) is 70.7 cm³/mol. The summed E-state index contributed by atoms with van der Waals surface area (Å²) >= 11 is 3.26. The minimum atomic E-state index is -0.572. The Morgan fingerprint density at radius 1 is 1.29 bits per heavy atom. The van der Waals surface area contributed by atoms with Gasteiger partial charge in [0, 0.05) is 5.56 Å². The fourth-order valence-corrected chi connectivity index (χ4v) is 2.96. The second kappa shape index (κ2) is 5.38. The molecule has 4 N–H and O–H groups in total. The Kier molecular flexibility index (Phi) is 4.07. The summed E-state index contributed by atoms with van der Waals surface area (Å²) in [4.78, 5) is 0. The summed E-state index contributed by atoms with van der Waals surface area (Å²) in [7, 11) is 0. The SMILES string of the molecule is N[C@H](c1cccc(Br)c1O)[C@@H](O)C1CCCC1. The number of benzene rings is 1. The fraction of sp³-hybridized carbons (Fsp3) is 0.538. The topological polar surface area (TPSA) is 66.5 Å². The molecule has 2 atom stereocenters. The van der Waals surface area contributed by atoms with Gasteiger partial charge in [-0.2, -0.15) is 0 Å². The highest BCUT2D eigenvalue weighted by atomic mass is 79.9. The van der Waals surface area contributed by atoms with Crippen molar-refractivity contribution < 1.29 is 10.2 Å². The molecule has 94 valence electrons. The van der Waals surface area contributed by atoms with Crippen molar-refractivity contribution in [3.05, 3.63) is 28.2 Å². The van der Waals surface area contributed by atoms with Crippen LogP contribution in [0.3, 0.4) is 0 Å². The fourth-order valence-electron chi connectivity index (χ4n) is 2.58. The number of aromatic hydroxyl groups is 1. The van der Waals surface area contributed by atoms with E-state index < -0.39 is 12.1 Å². The van der Waals surface area contributed by atoms with Crippen LogP contribution in [0.2, 0.25) is 0 Å². The number of halogens is 1. The number of nitrogens with two attached hydrogens (primary N) is 1. The minimum Gasteiger partial charge on any atom is -0.506 e. The summed E-state index contributed by atoms with van der Waals surface area (Å²) in [6, 6.07) is 4.83. The largest absolute Gasteiger partial charge is 0.506 e. The smallest absolute Gasteiger partial charge is 0.134 e. The molecule has 0 amide bonds. The van der Waals surface area contributed by atoms with Gasteiger partial charge in [0.1, 0.15) is 5.75 Å². The zero-order chi connectivity index (χ0) is 12.4. The van der Waals surface area contributed by atoms with Crippen molar-refractivity contribution in [2.75, 3.05) is 0 Å². The lowest BCUT2D eigenvalue weighted by atomic mass is 9.90. The van der Waals surface area contributed by atoms with Gasteiger partial charge in [-0.15, -0.1) is 0 Å². The van der Waals surface area contributed by atoms with Crippen LogP contribution >= 0.6 is 15.9 Å². The second-order valence-corrected chi connectivity index (χ2v) is 5.59. The first-order valence-corrected chi connectivity index (χ1v) is 6.81. The highest BCUT2D eigenvalue weighted by molar-refractivity contribution is 9.10. The number of phenolic OH excluding ortho intramolecular Hbond substituents is 1. The van der Waals surface area contributed by atoms with Crippen LogP contribution in [0.1, 0.15) is 37.3 Å². The maximum atomic E-state index is 10.2. The maximum Gasteiger partial charge on any atom is 0.134 e. The number of phenols is 1. The van der Waals surface area contributed by atoms with Crippen LogP contribution < -0.4 is 5.73 Å². The number of hydrogen-bond acceptors (Lipinski definition) is 3. The third-order valence-electron chi connectivity index (χ3n) is 3.63. The monoisotopic (exact) mass is 299 g/mol. The lowest BCUT2D eigenvalue weighted by Crippen LogP contribution is -2.32. The molecule has 0 aromatic heterocycles. The average Bonchev–Trinajstić information content (AvgIpc) is 2.84. The highest BCUT2D eigenvalue weighted by Gasteiger charge is 2.30. The van der Waals surface area contributed by atoms with E-state index in [0.29, 0.717) is 10.0 Å². The maximum absolute atomic E-state index is 10.2. The number of hydrogen-bond donors (Lipinski definition) is 3. The van der Waals surface area contributed by atoms with E-state index in [1.54, 1.807) is 12.1 Å². The summed E-state index contributed by atoms with van der Waals surface area (Å²) in [6.45, 7) is 0. The van der Waals surface area contributed by atoms with E-state index in [9.17, 15) is 10.2 Å². The van der Waals surface area contributed by atoms with Crippen molar-refractivity contribution in [2.24, 2.45) is 11.7 Å². The third-order valence-corrected chi connectivity index (χ3v) is 4.27. The molecular formula is C13H18BrNO2.